The number of carbonyl (C=O) groups is 1. The van der Waals surface area contributed by atoms with E-state index in [1.165, 1.54) is 0 Å². The van der Waals surface area contributed by atoms with Gasteiger partial charge in [-0.15, -0.1) is 0 Å². The quantitative estimate of drug-likeness (QED) is 0.646. The van der Waals surface area contributed by atoms with Gasteiger partial charge in [0, 0.05) is 5.37 Å². The van der Waals surface area contributed by atoms with E-state index >= 15 is 0 Å². The molecule has 0 fully saturated rings. The van der Waals surface area contributed by atoms with Crippen LogP contribution >= 0.6 is 12.2 Å². The van der Waals surface area contributed by atoms with Crippen LogP contribution in [0.15, 0.2) is 0 Å². The molecular formula is C8H13O2S. The Labute approximate surface area is 72.6 Å². The van der Waals surface area contributed by atoms with Gasteiger partial charge in [0.05, 0.1) is 5.92 Å². The predicted octanol–water partition coefficient (Wildman–Crippen LogP) is 2.00. The minimum atomic E-state index is -0.735. The molecule has 0 aliphatic rings. The molecule has 3 heteroatoms. The molecule has 1 radical (unpaired) electrons. The van der Waals surface area contributed by atoms with Crippen molar-refractivity contribution in [2.24, 2.45) is 11.8 Å². The second kappa shape index (κ2) is 5.24. The Morgan fingerprint density at radius 3 is 2.45 bits per heavy atom. The molecule has 0 aromatic heterocycles. The van der Waals surface area contributed by atoms with Crippen molar-refractivity contribution in [2.75, 3.05) is 0 Å². The van der Waals surface area contributed by atoms with E-state index in [-0.39, 0.29) is 11.8 Å². The molecule has 0 rings (SSSR count). The lowest BCUT2D eigenvalue weighted by molar-refractivity contribution is -0.141. The molecule has 0 bridgehead atoms. The molecule has 63 valence electrons. The van der Waals surface area contributed by atoms with E-state index in [0.29, 0.717) is 6.42 Å². The van der Waals surface area contributed by atoms with Gasteiger partial charge >= 0.3 is 5.97 Å². The topological polar surface area (TPSA) is 37.3 Å². The fraction of sp³-hybridized carbons (Fsp3) is 0.750. The Morgan fingerprint density at radius 1 is 1.55 bits per heavy atom. The van der Waals surface area contributed by atoms with Gasteiger partial charge in [0.1, 0.15) is 0 Å². The monoisotopic (exact) mass is 173 g/mol. The zero-order valence-electron chi connectivity index (χ0n) is 6.83. The average molecular weight is 173 g/mol. The van der Waals surface area contributed by atoms with E-state index in [1.54, 1.807) is 6.92 Å². The minimum absolute atomic E-state index is 0.229. The Bertz CT molecular complexity index is 145. The second-order valence-corrected chi connectivity index (χ2v) is 3.07. The van der Waals surface area contributed by atoms with Crippen LogP contribution in [0.25, 0.3) is 0 Å². The Hall–Kier alpha value is -0.440. The summed E-state index contributed by atoms with van der Waals surface area (Å²) >= 11 is 4.59. The molecule has 0 aromatic carbocycles. The van der Waals surface area contributed by atoms with Gasteiger partial charge in [-0.05, 0) is 18.8 Å². The van der Waals surface area contributed by atoms with Crippen LogP contribution in [0.1, 0.15) is 26.7 Å². The van der Waals surface area contributed by atoms with Crippen molar-refractivity contribution in [3.8, 4) is 0 Å². The number of hydrogen-bond donors (Lipinski definition) is 1. The van der Waals surface area contributed by atoms with Crippen LogP contribution in [-0.4, -0.2) is 16.4 Å². The third-order valence-corrected chi connectivity index (χ3v) is 2.06. The van der Waals surface area contributed by atoms with E-state index in [2.05, 4.69) is 17.6 Å². The summed E-state index contributed by atoms with van der Waals surface area (Å²) in [5, 5.41) is 11.2. The highest BCUT2D eigenvalue weighted by Gasteiger charge is 2.11. The number of carboxylic acid groups (broad SMARTS) is 1. The first-order chi connectivity index (χ1) is 5.07. The molecule has 2 atom stereocenters. The molecule has 0 aromatic rings. The van der Waals surface area contributed by atoms with Crippen molar-refractivity contribution < 1.29 is 9.90 Å². The standard InChI is InChI=1S/C8H13O2S/c1-6(5-11)3-4-7(2)8(9)10/h6-7H,3-4H2,1-2H3,(H,9,10). The fourth-order valence-electron chi connectivity index (χ4n) is 0.682. The zero-order valence-corrected chi connectivity index (χ0v) is 7.65. The SMILES string of the molecule is CC([C]=S)CCC(C)C(=O)O. The van der Waals surface area contributed by atoms with Gasteiger partial charge in [0.15, 0.2) is 0 Å². The lowest BCUT2D eigenvalue weighted by atomic mass is 10.00. The van der Waals surface area contributed by atoms with Crippen molar-refractivity contribution in [1.29, 1.82) is 0 Å². The first-order valence-electron chi connectivity index (χ1n) is 3.68. The molecule has 0 heterocycles. The number of aliphatic carboxylic acids is 1. The molecule has 2 unspecified atom stereocenters. The fourth-order valence-corrected chi connectivity index (χ4v) is 0.800. The first-order valence-corrected chi connectivity index (χ1v) is 4.09. The van der Waals surface area contributed by atoms with Gasteiger partial charge in [0.2, 0.25) is 0 Å². The van der Waals surface area contributed by atoms with Crippen LogP contribution in [0.2, 0.25) is 0 Å². The molecule has 11 heavy (non-hydrogen) atoms. The summed E-state index contributed by atoms with van der Waals surface area (Å²) in [5.41, 5.74) is 0. The van der Waals surface area contributed by atoms with Crippen molar-refractivity contribution in [3.05, 3.63) is 0 Å². The number of thiocarbonyl (C=S) groups is 1. The van der Waals surface area contributed by atoms with Gasteiger partial charge in [-0.1, -0.05) is 26.1 Å². The minimum Gasteiger partial charge on any atom is -0.481 e. The van der Waals surface area contributed by atoms with Crippen LogP contribution in [0.4, 0.5) is 0 Å². The third kappa shape index (κ3) is 4.90. The molecule has 0 spiro atoms. The summed E-state index contributed by atoms with van der Waals surface area (Å²) in [7, 11) is 0. The molecule has 0 amide bonds. The molecular weight excluding hydrogens is 160 g/mol. The Balaban J connectivity index is 3.53. The maximum absolute atomic E-state index is 10.4. The van der Waals surface area contributed by atoms with Crippen molar-refractivity contribution in [1.82, 2.24) is 0 Å². The summed E-state index contributed by atoms with van der Waals surface area (Å²) < 4.78 is 0. The highest BCUT2D eigenvalue weighted by Crippen LogP contribution is 2.10. The maximum Gasteiger partial charge on any atom is 0.306 e. The van der Waals surface area contributed by atoms with E-state index in [4.69, 9.17) is 5.11 Å². The lowest BCUT2D eigenvalue weighted by Crippen LogP contribution is -2.10. The van der Waals surface area contributed by atoms with Crippen LogP contribution in [0.3, 0.4) is 0 Å². The van der Waals surface area contributed by atoms with Crippen LogP contribution in [0, 0.1) is 11.8 Å². The zero-order chi connectivity index (χ0) is 8.85. The average Bonchev–Trinajstić information content (AvgIpc) is 1.99. The predicted molar refractivity (Wildman–Crippen MR) is 47.8 cm³/mol. The van der Waals surface area contributed by atoms with Gasteiger partial charge in [0.25, 0.3) is 0 Å². The van der Waals surface area contributed by atoms with Gasteiger partial charge < -0.3 is 5.11 Å². The van der Waals surface area contributed by atoms with E-state index in [9.17, 15) is 4.79 Å². The summed E-state index contributed by atoms with van der Waals surface area (Å²) in [4.78, 5) is 10.4. The summed E-state index contributed by atoms with van der Waals surface area (Å²) in [5.74, 6) is -0.769. The lowest BCUT2D eigenvalue weighted by Gasteiger charge is -2.06. The first kappa shape index (κ1) is 10.6. The van der Waals surface area contributed by atoms with Crippen LogP contribution in [0.5, 0.6) is 0 Å². The molecule has 0 saturated heterocycles. The van der Waals surface area contributed by atoms with Gasteiger partial charge in [-0.25, -0.2) is 0 Å². The highest BCUT2D eigenvalue weighted by atomic mass is 32.1. The van der Waals surface area contributed by atoms with E-state index in [1.807, 2.05) is 6.92 Å². The van der Waals surface area contributed by atoms with E-state index in [0.717, 1.165) is 6.42 Å². The van der Waals surface area contributed by atoms with Gasteiger partial charge in [-0.2, -0.15) is 0 Å². The van der Waals surface area contributed by atoms with Crippen molar-refractivity contribution in [3.63, 3.8) is 0 Å². The van der Waals surface area contributed by atoms with Crippen LogP contribution in [-0.2, 0) is 4.79 Å². The number of carboxylic acids is 1. The van der Waals surface area contributed by atoms with Crippen LogP contribution < -0.4 is 0 Å². The number of hydrogen-bond acceptors (Lipinski definition) is 2. The smallest absolute Gasteiger partial charge is 0.306 e. The second-order valence-electron chi connectivity index (χ2n) is 2.84. The maximum atomic E-state index is 10.4. The molecule has 0 aliphatic heterocycles. The van der Waals surface area contributed by atoms with Gasteiger partial charge in [-0.3, -0.25) is 4.79 Å². The molecule has 1 N–H and O–H groups in total. The largest absolute Gasteiger partial charge is 0.481 e. The van der Waals surface area contributed by atoms with E-state index < -0.39 is 5.97 Å². The van der Waals surface area contributed by atoms with Crippen molar-refractivity contribution >= 4 is 23.6 Å². The molecule has 0 aliphatic carbocycles. The Kier molecular flexibility index (Phi) is 5.03. The summed E-state index contributed by atoms with van der Waals surface area (Å²) in [6, 6.07) is 0. The third-order valence-electron chi connectivity index (χ3n) is 1.66. The highest BCUT2D eigenvalue weighted by molar-refractivity contribution is 7.79. The normalized spacial score (nSPS) is 15.5. The molecule has 2 nitrogen and oxygen atoms in total. The summed E-state index contributed by atoms with van der Waals surface area (Å²) in [6.45, 7) is 3.65. The number of rotatable bonds is 5. The Morgan fingerprint density at radius 2 is 2.09 bits per heavy atom. The molecule has 0 saturated carbocycles. The van der Waals surface area contributed by atoms with Crippen molar-refractivity contribution in [2.45, 2.75) is 26.7 Å². The summed E-state index contributed by atoms with van der Waals surface area (Å²) in [6.07, 6.45) is 1.50.